The predicted octanol–water partition coefficient (Wildman–Crippen LogP) is 6.77. The summed E-state index contributed by atoms with van der Waals surface area (Å²) in [6, 6.07) is 16.3. The van der Waals surface area contributed by atoms with Crippen LogP contribution in [0.2, 0.25) is 0 Å². The van der Waals surface area contributed by atoms with Crippen molar-refractivity contribution in [3.05, 3.63) is 75.9 Å². The van der Waals surface area contributed by atoms with E-state index in [2.05, 4.69) is 47.3 Å². The molecule has 5 nitrogen and oxygen atoms in total. The fourth-order valence-corrected chi connectivity index (χ4v) is 2.97. The second-order valence-corrected chi connectivity index (χ2v) is 6.75. The van der Waals surface area contributed by atoms with Gasteiger partial charge in [0, 0.05) is 10.3 Å². The monoisotopic (exact) mass is 363 g/mol. The average Bonchev–Trinajstić information content (AvgIpc) is 3.11. The highest BCUT2D eigenvalue weighted by Gasteiger charge is 2.10. The van der Waals surface area contributed by atoms with Crippen molar-refractivity contribution in [1.29, 1.82) is 0 Å². The van der Waals surface area contributed by atoms with Gasteiger partial charge in [-0.2, -0.15) is 0 Å². The Morgan fingerprint density at radius 3 is 2.56 bits per heavy atom. The van der Waals surface area contributed by atoms with Gasteiger partial charge in [0.15, 0.2) is 0 Å². The van der Waals surface area contributed by atoms with Gasteiger partial charge in [0.1, 0.15) is 17.1 Å². The Labute approximate surface area is 159 Å². The van der Waals surface area contributed by atoms with E-state index >= 15 is 0 Å². The third-order valence-electron chi connectivity index (χ3n) is 4.63. The molecular formula is C22H25N3O2. The SMILES string of the molecule is CCCCOc1ccc(CCc2ccc3cc(C(C)N=[N+]=[N-])oc3c2)cc1. The Bertz CT molecular complexity index is 924. The first-order valence-corrected chi connectivity index (χ1v) is 9.48. The number of hydrogen-bond acceptors (Lipinski definition) is 3. The van der Waals surface area contributed by atoms with Gasteiger partial charge in [0.25, 0.3) is 0 Å². The molecule has 0 N–H and O–H groups in total. The number of azide groups is 1. The van der Waals surface area contributed by atoms with Gasteiger partial charge in [0.2, 0.25) is 0 Å². The third kappa shape index (κ3) is 5.05. The molecule has 0 fully saturated rings. The van der Waals surface area contributed by atoms with E-state index in [1.807, 2.05) is 25.1 Å². The fraction of sp³-hybridized carbons (Fsp3) is 0.364. The molecule has 0 saturated heterocycles. The van der Waals surface area contributed by atoms with Crippen molar-refractivity contribution in [2.45, 2.75) is 45.6 Å². The van der Waals surface area contributed by atoms with Crippen LogP contribution in [0.5, 0.6) is 5.75 Å². The summed E-state index contributed by atoms with van der Waals surface area (Å²) in [7, 11) is 0. The molecule has 0 amide bonds. The average molecular weight is 363 g/mol. The molecule has 0 saturated carbocycles. The molecule has 0 radical (unpaired) electrons. The highest BCUT2D eigenvalue weighted by molar-refractivity contribution is 5.78. The quantitative estimate of drug-likeness (QED) is 0.182. The molecule has 3 aromatic rings. The first-order valence-electron chi connectivity index (χ1n) is 9.48. The number of rotatable bonds is 9. The van der Waals surface area contributed by atoms with Gasteiger partial charge in [0.05, 0.1) is 12.6 Å². The lowest BCUT2D eigenvalue weighted by molar-refractivity contribution is 0.309. The maximum atomic E-state index is 8.58. The Morgan fingerprint density at radius 1 is 1.07 bits per heavy atom. The van der Waals surface area contributed by atoms with E-state index in [9.17, 15) is 0 Å². The second kappa shape index (κ2) is 9.15. The van der Waals surface area contributed by atoms with E-state index in [1.165, 1.54) is 11.1 Å². The number of ether oxygens (including phenoxy) is 1. The zero-order valence-electron chi connectivity index (χ0n) is 15.9. The standard InChI is InChI=1S/C22H25N3O2/c1-3-4-13-26-20-11-8-17(9-12-20)5-6-18-7-10-19-15-21(16(2)24-25-23)27-22(19)14-18/h7-12,14-16H,3-6,13H2,1-2H3. The van der Waals surface area contributed by atoms with Crippen LogP contribution >= 0.6 is 0 Å². The lowest BCUT2D eigenvalue weighted by atomic mass is 10.0. The van der Waals surface area contributed by atoms with Gasteiger partial charge in [-0.3, -0.25) is 0 Å². The van der Waals surface area contributed by atoms with E-state index in [4.69, 9.17) is 14.7 Å². The largest absolute Gasteiger partial charge is 0.494 e. The molecule has 0 bridgehead atoms. The minimum absolute atomic E-state index is 0.302. The molecule has 1 unspecified atom stereocenters. The number of benzene rings is 2. The van der Waals surface area contributed by atoms with Crippen LogP contribution in [0, 0.1) is 0 Å². The molecule has 2 aromatic carbocycles. The van der Waals surface area contributed by atoms with Crippen LogP contribution in [0.25, 0.3) is 21.4 Å². The summed E-state index contributed by atoms with van der Waals surface area (Å²) in [5.74, 6) is 1.63. The van der Waals surface area contributed by atoms with E-state index in [-0.39, 0.29) is 6.04 Å². The molecular weight excluding hydrogens is 338 g/mol. The summed E-state index contributed by atoms with van der Waals surface area (Å²) in [5, 5.41) is 4.73. The highest BCUT2D eigenvalue weighted by atomic mass is 16.5. The Hall–Kier alpha value is -2.91. The Kier molecular flexibility index (Phi) is 6.39. The minimum atomic E-state index is -0.302. The zero-order chi connectivity index (χ0) is 19.1. The molecule has 0 aliphatic heterocycles. The molecule has 1 aromatic heterocycles. The second-order valence-electron chi connectivity index (χ2n) is 6.75. The number of furan rings is 1. The van der Waals surface area contributed by atoms with Gasteiger partial charge in [-0.25, -0.2) is 0 Å². The van der Waals surface area contributed by atoms with Crippen LogP contribution in [0.4, 0.5) is 0 Å². The zero-order valence-corrected chi connectivity index (χ0v) is 15.9. The summed E-state index contributed by atoms with van der Waals surface area (Å²) >= 11 is 0. The summed E-state index contributed by atoms with van der Waals surface area (Å²) in [4.78, 5) is 2.85. The molecule has 0 aliphatic rings. The van der Waals surface area contributed by atoms with Crippen LogP contribution in [-0.4, -0.2) is 6.61 Å². The van der Waals surface area contributed by atoms with Crippen molar-refractivity contribution in [1.82, 2.24) is 0 Å². The van der Waals surface area contributed by atoms with Crippen molar-refractivity contribution < 1.29 is 9.15 Å². The first-order chi connectivity index (χ1) is 13.2. The summed E-state index contributed by atoms with van der Waals surface area (Å²) in [5.41, 5.74) is 11.9. The van der Waals surface area contributed by atoms with Crippen LogP contribution in [0.1, 0.15) is 49.6 Å². The van der Waals surface area contributed by atoms with Crippen molar-refractivity contribution in [2.24, 2.45) is 5.11 Å². The van der Waals surface area contributed by atoms with E-state index in [1.54, 1.807) is 0 Å². The van der Waals surface area contributed by atoms with Crippen LogP contribution in [-0.2, 0) is 12.8 Å². The number of hydrogen-bond donors (Lipinski definition) is 0. The van der Waals surface area contributed by atoms with E-state index in [0.29, 0.717) is 5.76 Å². The third-order valence-corrected chi connectivity index (χ3v) is 4.63. The summed E-state index contributed by atoms with van der Waals surface area (Å²) in [6.45, 7) is 4.77. The molecule has 0 spiro atoms. The molecule has 5 heteroatoms. The smallest absolute Gasteiger partial charge is 0.134 e. The van der Waals surface area contributed by atoms with Crippen LogP contribution in [0.3, 0.4) is 0 Å². The topological polar surface area (TPSA) is 71.1 Å². The number of unbranched alkanes of at least 4 members (excludes halogenated alkanes) is 1. The lowest BCUT2D eigenvalue weighted by Crippen LogP contribution is -1.97. The van der Waals surface area contributed by atoms with Crippen LogP contribution in [0.15, 0.2) is 58.1 Å². The van der Waals surface area contributed by atoms with Crippen molar-refractivity contribution in [3.8, 4) is 5.75 Å². The minimum Gasteiger partial charge on any atom is -0.494 e. The summed E-state index contributed by atoms with van der Waals surface area (Å²) < 4.78 is 11.6. The molecule has 27 heavy (non-hydrogen) atoms. The van der Waals surface area contributed by atoms with Crippen molar-refractivity contribution >= 4 is 11.0 Å². The normalized spacial score (nSPS) is 11.9. The molecule has 3 rings (SSSR count). The maximum absolute atomic E-state index is 8.58. The Balaban J connectivity index is 1.62. The van der Waals surface area contributed by atoms with E-state index < -0.39 is 0 Å². The predicted molar refractivity (Wildman–Crippen MR) is 108 cm³/mol. The number of aryl methyl sites for hydroxylation is 2. The molecule has 0 aliphatic carbocycles. The molecule has 1 heterocycles. The number of fused-ring (bicyclic) bond motifs is 1. The molecule has 140 valence electrons. The van der Waals surface area contributed by atoms with Gasteiger partial charge in [-0.15, -0.1) is 0 Å². The van der Waals surface area contributed by atoms with Crippen LogP contribution < -0.4 is 4.74 Å². The van der Waals surface area contributed by atoms with Gasteiger partial charge in [-0.1, -0.05) is 42.7 Å². The van der Waals surface area contributed by atoms with Gasteiger partial charge >= 0.3 is 0 Å². The molecule has 1 atom stereocenters. The number of nitrogens with zero attached hydrogens (tertiary/aromatic N) is 3. The van der Waals surface area contributed by atoms with E-state index in [0.717, 1.165) is 49.0 Å². The van der Waals surface area contributed by atoms with Gasteiger partial charge < -0.3 is 9.15 Å². The summed E-state index contributed by atoms with van der Waals surface area (Å²) in [6.07, 6.45) is 4.13. The lowest BCUT2D eigenvalue weighted by Gasteiger charge is -2.07. The first kappa shape index (κ1) is 18.9. The van der Waals surface area contributed by atoms with Crippen molar-refractivity contribution in [3.63, 3.8) is 0 Å². The highest BCUT2D eigenvalue weighted by Crippen LogP contribution is 2.27. The maximum Gasteiger partial charge on any atom is 0.134 e. The van der Waals surface area contributed by atoms with Gasteiger partial charge in [-0.05, 0) is 67.1 Å². The van der Waals surface area contributed by atoms with Crippen molar-refractivity contribution in [2.75, 3.05) is 6.61 Å². The fourth-order valence-electron chi connectivity index (χ4n) is 2.97. The Morgan fingerprint density at radius 2 is 1.81 bits per heavy atom.